The Bertz CT molecular complexity index is 1020. The topological polar surface area (TPSA) is 74.3 Å². The van der Waals surface area contributed by atoms with Crippen molar-refractivity contribution in [2.45, 2.75) is 20.8 Å². The van der Waals surface area contributed by atoms with Crippen LogP contribution in [0.1, 0.15) is 37.9 Å². The first-order valence-corrected chi connectivity index (χ1v) is 8.82. The number of carbonyl (C=O) groups excluding carboxylic acids is 2. The van der Waals surface area contributed by atoms with E-state index in [1.165, 1.54) is 12.1 Å². The molecule has 0 fully saturated rings. The van der Waals surface area contributed by atoms with E-state index >= 15 is 0 Å². The lowest BCUT2D eigenvalue weighted by molar-refractivity contribution is 0.0475. The molecule has 0 aliphatic carbocycles. The van der Waals surface area contributed by atoms with Crippen LogP contribution >= 0.6 is 23.2 Å². The molecule has 0 unspecified atom stereocenters. The highest BCUT2D eigenvalue weighted by Gasteiger charge is 2.21. The number of halogens is 2. The van der Waals surface area contributed by atoms with Gasteiger partial charge in [0, 0.05) is 23.0 Å². The highest BCUT2D eigenvalue weighted by Crippen LogP contribution is 2.25. The molecule has 140 valence electrons. The summed E-state index contributed by atoms with van der Waals surface area (Å²) in [5.74, 6) is 0.156. The van der Waals surface area contributed by atoms with Gasteiger partial charge in [-0.15, -0.1) is 0 Å². The molecule has 0 N–H and O–H groups in total. The van der Waals surface area contributed by atoms with Gasteiger partial charge in [0.25, 0.3) is 0 Å². The van der Waals surface area contributed by atoms with Gasteiger partial charge in [0.1, 0.15) is 5.76 Å². The molecule has 8 heteroatoms. The monoisotopic (exact) mass is 406 g/mol. The average molecular weight is 407 g/mol. The number of nitrogens with zero attached hydrogens (tertiary/aromatic N) is 2. The Morgan fingerprint density at radius 1 is 1.15 bits per heavy atom. The van der Waals surface area contributed by atoms with Crippen LogP contribution in [-0.4, -0.2) is 28.1 Å². The van der Waals surface area contributed by atoms with Gasteiger partial charge in [0.15, 0.2) is 12.4 Å². The lowest BCUT2D eigenvalue weighted by atomic mass is 10.1. The number of Topliss-reactive ketones (excluding diaryl/α,β-unsaturated/α-hetero) is 1. The summed E-state index contributed by atoms with van der Waals surface area (Å²) in [4.78, 5) is 24.8. The van der Waals surface area contributed by atoms with E-state index in [0.717, 1.165) is 5.69 Å². The van der Waals surface area contributed by atoms with Gasteiger partial charge in [-0.1, -0.05) is 34.4 Å². The fourth-order valence-electron chi connectivity index (χ4n) is 2.83. The largest absolute Gasteiger partial charge is 0.454 e. The number of ketones is 1. The van der Waals surface area contributed by atoms with Crippen LogP contribution in [0.4, 0.5) is 0 Å². The maximum Gasteiger partial charge on any atom is 0.341 e. The summed E-state index contributed by atoms with van der Waals surface area (Å²) in [6, 6.07) is 8.16. The molecule has 27 heavy (non-hydrogen) atoms. The number of aryl methyl sites for hydroxylation is 2. The SMILES string of the molecule is Cc1cc(-n2c(C)cc(C(=O)COC(=O)c3c(Cl)cccc3Cl)c2C)no1. The van der Waals surface area contributed by atoms with Gasteiger partial charge < -0.3 is 9.26 Å². The summed E-state index contributed by atoms with van der Waals surface area (Å²) in [7, 11) is 0. The van der Waals surface area contributed by atoms with E-state index in [4.69, 9.17) is 32.5 Å². The van der Waals surface area contributed by atoms with Gasteiger partial charge in [-0.3, -0.25) is 9.36 Å². The summed E-state index contributed by atoms with van der Waals surface area (Å²) in [6.45, 7) is 5.00. The minimum absolute atomic E-state index is 0.0391. The van der Waals surface area contributed by atoms with Crippen molar-refractivity contribution in [3.63, 3.8) is 0 Å². The van der Waals surface area contributed by atoms with Crippen LogP contribution in [0, 0.1) is 20.8 Å². The number of carbonyl (C=O) groups is 2. The quantitative estimate of drug-likeness (QED) is 0.451. The molecular formula is C19H16Cl2N2O4. The van der Waals surface area contributed by atoms with E-state index in [1.54, 1.807) is 36.6 Å². The van der Waals surface area contributed by atoms with Crippen molar-refractivity contribution < 1.29 is 18.8 Å². The Labute approximate surface area is 165 Å². The maximum atomic E-state index is 12.6. The molecule has 0 radical (unpaired) electrons. The molecule has 3 rings (SSSR count). The van der Waals surface area contributed by atoms with E-state index in [9.17, 15) is 9.59 Å². The molecule has 6 nitrogen and oxygen atoms in total. The third-order valence-electron chi connectivity index (χ3n) is 4.08. The molecule has 0 atom stereocenters. The minimum atomic E-state index is -0.750. The molecule has 0 amide bonds. The first-order valence-electron chi connectivity index (χ1n) is 8.06. The van der Waals surface area contributed by atoms with Crippen molar-refractivity contribution in [2.24, 2.45) is 0 Å². The predicted octanol–water partition coefficient (Wildman–Crippen LogP) is 4.74. The van der Waals surface area contributed by atoms with Gasteiger partial charge in [0.05, 0.1) is 15.6 Å². The first-order chi connectivity index (χ1) is 12.8. The van der Waals surface area contributed by atoms with Crippen LogP contribution < -0.4 is 0 Å². The van der Waals surface area contributed by atoms with Crippen LogP contribution in [0.2, 0.25) is 10.0 Å². The van der Waals surface area contributed by atoms with Crippen molar-refractivity contribution in [3.8, 4) is 5.82 Å². The van der Waals surface area contributed by atoms with Gasteiger partial charge in [-0.25, -0.2) is 4.79 Å². The number of esters is 1. The zero-order valence-corrected chi connectivity index (χ0v) is 16.4. The Morgan fingerprint density at radius 2 is 1.81 bits per heavy atom. The van der Waals surface area contributed by atoms with E-state index in [-0.39, 0.29) is 21.4 Å². The van der Waals surface area contributed by atoms with Crippen LogP contribution in [0.25, 0.3) is 5.82 Å². The zero-order valence-electron chi connectivity index (χ0n) is 14.9. The van der Waals surface area contributed by atoms with E-state index in [0.29, 0.717) is 22.8 Å². The zero-order chi connectivity index (χ0) is 19.7. The van der Waals surface area contributed by atoms with Crippen LogP contribution in [0.5, 0.6) is 0 Å². The van der Waals surface area contributed by atoms with Crippen LogP contribution in [-0.2, 0) is 4.74 Å². The van der Waals surface area contributed by atoms with Crippen LogP contribution in [0.15, 0.2) is 34.9 Å². The second kappa shape index (κ2) is 7.58. The summed E-state index contributed by atoms with van der Waals surface area (Å²) >= 11 is 12.0. The van der Waals surface area contributed by atoms with Gasteiger partial charge in [0.2, 0.25) is 5.78 Å². The standard InChI is InChI=1S/C19H16Cl2N2O4/c1-10-7-13(12(3)23(10)17-8-11(2)27-22-17)16(24)9-26-19(25)18-14(20)5-4-6-15(18)21/h4-8H,9H2,1-3H3. The third-order valence-corrected chi connectivity index (χ3v) is 4.71. The molecule has 2 heterocycles. The van der Waals surface area contributed by atoms with Gasteiger partial charge >= 0.3 is 5.97 Å². The lowest BCUT2D eigenvalue weighted by Gasteiger charge is -2.08. The molecular weight excluding hydrogens is 391 g/mol. The average Bonchev–Trinajstić information content (AvgIpc) is 3.15. The number of ether oxygens (including phenoxy) is 1. The van der Waals surface area contributed by atoms with E-state index < -0.39 is 12.6 Å². The fraction of sp³-hybridized carbons (Fsp3) is 0.211. The summed E-state index contributed by atoms with van der Waals surface area (Å²) in [5.41, 5.74) is 1.96. The summed E-state index contributed by atoms with van der Waals surface area (Å²) in [5, 5.41) is 4.31. The number of aromatic nitrogens is 2. The van der Waals surface area contributed by atoms with Gasteiger partial charge in [-0.2, -0.15) is 0 Å². The highest BCUT2D eigenvalue weighted by molar-refractivity contribution is 6.39. The summed E-state index contributed by atoms with van der Waals surface area (Å²) < 4.78 is 12.0. The van der Waals surface area contributed by atoms with Crippen molar-refractivity contribution >= 4 is 35.0 Å². The summed E-state index contributed by atoms with van der Waals surface area (Å²) in [6.07, 6.45) is 0. The first kappa shape index (κ1) is 19.2. The Hall–Kier alpha value is -2.57. The molecule has 0 aliphatic heterocycles. The molecule has 0 aliphatic rings. The fourth-order valence-corrected chi connectivity index (χ4v) is 3.38. The second-order valence-corrected chi connectivity index (χ2v) is 6.83. The highest BCUT2D eigenvalue weighted by atomic mass is 35.5. The Morgan fingerprint density at radius 3 is 2.41 bits per heavy atom. The Balaban J connectivity index is 1.78. The lowest BCUT2D eigenvalue weighted by Crippen LogP contribution is -2.15. The van der Waals surface area contributed by atoms with Crippen LogP contribution in [0.3, 0.4) is 0 Å². The van der Waals surface area contributed by atoms with Crippen molar-refractivity contribution in [2.75, 3.05) is 6.61 Å². The normalized spacial score (nSPS) is 10.9. The molecule has 0 spiro atoms. The van der Waals surface area contributed by atoms with Crippen molar-refractivity contribution in [1.82, 2.24) is 9.72 Å². The molecule has 3 aromatic rings. The Kier molecular flexibility index (Phi) is 5.39. The van der Waals surface area contributed by atoms with E-state index in [2.05, 4.69) is 5.16 Å². The van der Waals surface area contributed by atoms with Crippen molar-refractivity contribution in [3.05, 3.63) is 68.7 Å². The maximum absolute atomic E-state index is 12.6. The number of rotatable bonds is 5. The molecule has 0 saturated heterocycles. The predicted molar refractivity (Wildman–Crippen MR) is 101 cm³/mol. The second-order valence-electron chi connectivity index (χ2n) is 6.01. The number of benzene rings is 1. The van der Waals surface area contributed by atoms with E-state index in [1.807, 2.05) is 6.92 Å². The molecule has 0 saturated carbocycles. The molecule has 0 bridgehead atoms. The van der Waals surface area contributed by atoms with Crippen molar-refractivity contribution in [1.29, 1.82) is 0 Å². The smallest absolute Gasteiger partial charge is 0.341 e. The van der Waals surface area contributed by atoms with Gasteiger partial charge in [-0.05, 0) is 39.0 Å². The minimum Gasteiger partial charge on any atom is -0.454 e. The third kappa shape index (κ3) is 3.77. The number of hydrogen-bond donors (Lipinski definition) is 0. The number of hydrogen-bond acceptors (Lipinski definition) is 5. The molecule has 2 aromatic heterocycles. The molecule has 1 aromatic carbocycles.